The Morgan fingerprint density at radius 2 is 1.92 bits per heavy atom. The normalized spacial score (nSPS) is 25.4. The standard InChI is InChI=1S/C31H47NO6/c1-3-4-5-10-24(33)12-13-25-26-18-22-9-8-11-28(37-21-31(35)36-2)27(22)19-23(26)20-29(25)38-30(34)14-17-32-15-6-7-16-32/h8-9,11,23-26,29,33H,3-7,10,12-21H2,1-2H3/t23-,24+,25+,26-,29+/m0/s1. The summed E-state index contributed by atoms with van der Waals surface area (Å²) in [4.78, 5) is 26.9. The summed E-state index contributed by atoms with van der Waals surface area (Å²) in [6.45, 7) is 5.03. The lowest BCUT2D eigenvalue weighted by Crippen LogP contribution is -2.30. The molecule has 212 valence electrons. The number of aliphatic hydroxyl groups is 1. The fourth-order valence-corrected chi connectivity index (χ4v) is 6.88. The predicted molar refractivity (Wildman–Crippen MR) is 146 cm³/mol. The van der Waals surface area contributed by atoms with Gasteiger partial charge in [0.25, 0.3) is 0 Å². The van der Waals surface area contributed by atoms with Crippen molar-refractivity contribution >= 4 is 11.9 Å². The van der Waals surface area contributed by atoms with Crippen LogP contribution in [0, 0.1) is 17.8 Å². The molecule has 1 aromatic carbocycles. The second kappa shape index (κ2) is 14.3. The molecule has 5 atom stereocenters. The zero-order chi connectivity index (χ0) is 26.9. The molecule has 3 aliphatic rings. The van der Waals surface area contributed by atoms with Crippen LogP contribution in [-0.2, 0) is 31.9 Å². The van der Waals surface area contributed by atoms with Crippen LogP contribution in [0.1, 0.15) is 82.3 Å². The van der Waals surface area contributed by atoms with Gasteiger partial charge in [-0.2, -0.15) is 0 Å². The zero-order valence-corrected chi connectivity index (χ0v) is 23.4. The highest BCUT2D eigenvalue weighted by Gasteiger charge is 2.47. The second-order valence-electron chi connectivity index (χ2n) is 11.5. The summed E-state index contributed by atoms with van der Waals surface area (Å²) < 4.78 is 16.8. The number of hydrogen-bond acceptors (Lipinski definition) is 7. The average molecular weight is 530 g/mol. The molecule has 0 bridgehead atoms. The van der Waals surface area contributed by atoms with Crippen molar-refractivity contribution in [3.05, 3.63) is 29.3 Å². The van der Waals surface area contributed by atoms with E-state index in [9.17, 15) is 14.7 Å². The highest BCUT2D eigenvalue weighted by molar-refractivity contribution is 5.71. The number of rotatable bonds is 14. The van der Waals surface area contributed by atoms with Gasteiger partial charge in [-0.3, -0.25) is 4.79 Å². The quantitative estimate of drug-likeness (QED) is 0.276. The van der Waals surface area contributed by atoms with Crippen molar-refractivity contribution in [3.63, 3.8) is 0 Å². The summed E-state index contributed by atoms with van der Waals surface area (Å²) in [5, 5.41) is 10.7. The van der Waals surface area contributed by atoms with E-state index >= 15 is 0 Å². The van der Waals surface area contributed by atoms with Crippen LogP contribution in [0.2, 0.25) is 0 Å². The SMILES string of the molecule is CCCCC[C@@H](O)CC[C@@H]1[C@H]2Cc3cccc(OCC(=O)OC)c3C[C@H]2C[C@H]1OC(=O)CCN1CCCC1. The molecule has 0 radical (unpaired) electrons. The molecule has 1 heterocycles. The summed E-state index contributed by atoms with van der Waals surface area (Å²) >= 11 is 0. The molecule has 2 fully saturated rings. The van der Waals surface area contributed by atoms with Crippen LogP contribution < -0.4 is 4.74 Å². The number of carbonyl (C=O) groups is 2. The molecule has 4 rings (SSSR count). The lowest BCUT2D eigenvalue weighted by Gasteiger charge is -2.32. The van der Waals surface area contributed by atoms with Gasteiger partial charge in [0.05, 0.1) is 19.6 Å². The maximum absolute atomic E-state index is 12.9. The number of nitrogens with zero attached hydrogens (tertiary/aromatic N) is 1. The molecule has 0 amide bonds. The minimum Gasteiger partial charge on any atom is -0.482 e. The van der Waals surface area contributed by atoms with Crippen molar-refractivity contribution in [2.45, 2.75) is 96.2 Å². The van der Waals surface area contributed by atoms with Crippen molar-refractivity contribution in [3.8, 4) is 5.75 Å². The van der Waals surface area contributed by atoms with E-state index in [1.165, 1.54) is 25.5 Å². The van der Waals surface area contributed by atoms with Gasteiger partial charge in [-0.1, -0.05) is 38.3 Å². The van der Waals surface area contributed by atoms with Gasteiger partial charge in [-0.15, -0.1) is 0 Å². The lowest BCUT2D eigenvalue weighted by atomic mass is 9.73. The Bertz CT molecular complexity index is 914. The summed E-state index contributed by atoms with van der Waals surface area (Å²) in [7, 11) is 1.36. The van der Waals surface area contributed by atoms with E-state index in [0.29, 0.717) is 18.3 Å². The van der Waals surface area contributed by atoms with E-state index in [4.69, 9.17) is 14.2 Å². The van der Waals surface area contributed by atoms with Crippen molar-refractivity contribution in [1.82, 2.24) is 4.90 Å². The van der Waals surface area contributed by atoms with Crippen molar-refractivity contribution < 1.29 is 28.9 Å². The number of unbranched alkanes of at least 4 members (excludes halogenated alkanes) is 2. The van der Waals surface area contributed by atoms with Gasteiger partial charge < -0.3 is 24.2 Å². The second-order valence-corrected chi connectivity index (χ2v) is 11.5. The van der Waals surface area contributed by atoms with Crippen LogP contribution in [0.25, 0.3) is 0 Å². The van der Waals surface area contributed by atoms with Gasteiger partial charge in [0.2, 0.25) is 0 Å². The Morgan fingerprint density at radius 3 is 2.68 bits per heavy atom. The number of esters is 2. The summed E-state index contributed by atoms with van der Waals surface area (Å²) in [5.74, 6) is 1.33. The molecule has 1 aliphatic heterocycles. The van der Waals surface area contributed by atoms with Gasteiger partial charge in [-0.05, 0) is 99.4 Å². The number of carbonyl (C=O) groups excluding carboxylic acids is 2. The Balaban J connectivity index is 1.42. The number of benzene rings is 1. The van der Waals surface area contributed by atoms with Crippen LogP contribution in [0.4, 0.5) is 0 Å². The van der Waals surface area contributed by atoms with Gasteiger partial charge in [0.15, 0.2) is 6.61 Å². The molecule has 0 unspecified atom stereocenters. The molecule has 1 saturated carbocycles. The highest BCUT2D eigenvalue weighted by atomic mass is 16.6. The molecule has 1 N–H and O–H groups in total. The van der Waals surface area contributed by atoms with Crippen molar-refractivity contribution in [1.29, 1.82) is 0 Å². The maximum Gasteiger partial charge on any atom is 0.343 e. The minimum atomic E-state index is -0.393. The Kier molecular flexibility index (Phi) is 10.9. The molecule has 0 spiro atoms. The van der Waals surface area contributed by atoms with E-state index in [0.717, 1.165) is 88.7 Å². The average Bonchev–Trinajstić information content (AvgIpc) is 3.55. The number of likely N-dealkylation sites (tertiary alicyclic amines) is 1. The molecular weight excluding hydrogens is 482 g/mol. The first-order valence-corrected chi connectivity index (χ1v) is 14.9. The summed E-state index contributed by atoms with van der Waals surface area (Å²) in [6, 6.07) is 6.07. The molecule has 7 nitrogen and oxygen atoms in total. The largest absolute Gasteiger partial charge is 0.482 e. The maximum atomic E-state index is 12.9. The molecule has 38 heavy (non-hydrogen) atoms. The van der Waals surface area contributed by atoms with Gasteiger partial charge in [0.1, 0.15) is 11.9 Å². The fourth-order valence-electron chi connectivity index (χ4n) is 6.88. The number of hydrogen-bond donors (Lipinski definition) is 1. The van der Waals surface area contributed by atoms with Crippen LogP contribution >= 0.6 is 0 Å². The number of fused-ring (bicyclic) bond motifs is 2. The van der Waals surface area contributed by atoms with E-state index in [1.54, 1.807) is 0 Å². The molecular formula is C31H47NO6. The summed E-state index contributed by atoms with van der Waals surface area (Å²) in [5.41, 5.74) is 2.42. The number of methoxy groups -OCH3 is 1. The van der Waals surface area contributed by atoms with Crippen molar-refractivity contribution in [2.24, 2.45) is 17.8 Å². The summed E-state index contributed by atoms with van der Waals surface area (Å²) in [6.07, 6.45) is 11.0. The third kappa shape index (κ3) is 7.72. The Hall–Kier alpha value is -2.12. The van der Waals surface area contributed by atoms with Crippen LogP contribution in [0.5, 0.6) is 5.75 Å². The van der Waals surface area contributed by atoms with Crippen molar-refractivity contribution in [2.75, 3.05) is 33.4 Å². The molecule has 0 aromatic heterocycles. The Labute approximate surface area is 228 Å². The molecule has 7 heteroatoms. The van der Waals surface area contributed by atoms with Crippen LogP contribution in [0.15, 0.2) is 18.2 Å². The lowest BCUT2D eigenvalue weighted by molar-refractivity contribution is -0.151. The molecule has 2 aliphatic carbocycles. The first-order valence-electron chi connectivity index (χ1n) is 14.9. The first-order chi connectivity index (χ1) is 18.5. The first kappa shape index (κ1) is 28.9. The van der Waals surface area contributed by atoms with Gasteiger partial charge in [-0.25, -0.2) is 4.79 Å². The topological polar surface area (TPSA) is 85.3 Å². The van der Waals surface area contributed by atoms with E-state index < -0.39 is 5.97 Å². The molecule has 1 saturated heterocycles. The minimum absolute atomic E-state index is 0.0892. The molecule has 1 aromatic rings. The third-order valence-electron chi connectivity index (χ3n) is 8.98. The Morgan fingerprint density at radius 1 is 1.11 bits per heavy atom. The van der Waals surface area contributed by atoms with Crippen LogP contribution in [0.3, 0.4) is 0 Å². The predicted octanol–water partition coefficient (Wildman–Crippen LogP) is 4.71. The van der Waals surface area contributed by atoms with Crippen LogP contribution in [-0.4, -0.2) is 67.5 Å². The van der Waals surface area contributed by atoms with E-state index in [-0.39, 0.29) is 30.7 Å². The third-order valence-corrected chi connectivity index (χ3v) is 8.98. The monoisotopic (exact) mass is 529 g/mol. The fraction of sp³-hybridized carbons (Fsp3) is 0.742. The van der Waals surface area contributed by atoms with Gasteiger partial charge in [0, 0.05) is 6.54 Å². The highest BCUT2D eigenvalue weighted by Crippen LogP contribution is 2.49. The zero-order valence-electron chi connectivity index (χ0n) is 23.4. The smallest absolute Gasteiger partial charge is 0.343 e. The number of ether oxygens (including phenoxy) is 3. The number of aliphatic hydroxyl groups excluding tert-OH is 1. The van der Waals surface area contributed by atoms with Gasteiger partial charge >= 0.3 is 11.9 Å². The van der Waals surface area contributed by atoms with E-state index in [1.807, 2.05) is 12.1 Å². The van der Waals surface area contributed by atoms with E-state index in [2.05, 4.69) is 17.9 Å².